The Hall–Kier alpha value is -0.180. The van der Waals surface area contributed by atoms with Crippen molar-refractivity contribution >= 4 is 22.8 Å². The number of alkyl halides is 1. The van der Waals surface area contributed by atoms with Crippen LogP contribution in [0.2, 0.25) is 0 Å². The fraction of sp³-hybridized carbons (Fsp3) is 0.250. The van der Waals surface area contributed by atoms with Crippen molar-refractivity contribution < 1.29 is 4.55 Å². The van der Waals surface area contributed by atoms with E-state index in [2.05, 4.69) is 0 Å². The first-order valence-electron chi connectivity index (χ1n) is 3.22. The Balaban J connectivity index is 2.91. The number of hydrogen-bond acceptors (Lipinski definition) is 1. The van der Waals surface area contributed by atoms with Crippen molar-refractivity contribution in [3.05, 3.63) is 29.8 Å². The highest BCUT2D eigenvalue weighted by Gasteiger charge is 2.02. The van der Waals surface area contributed by atoms with E-state index in [0.717, 1.165) is 10.5 Å². The molecular weight excluding hydrogens is 180 g/mol. The molecule has 0 saturated carbocycles. The van der Waals surface area contributed by atoms with E-state index in [1.54, 1.807) is 6.26 Å². The summed E-state index contributed by atoms with van der Waals surface area (Å²) in [6.45, 7) is 0. The smallest absolute Gasteiger partial charge is 0.152 e. The average molecular weight is 189 g/mol. The van der Waals surface area contributed by atoms with E-state index < -0.39 is 11.2 Å². The molecule has 1 atom stereocenters. The Kier molecular flexibility index (Phi) is 3.24. The summed E-state index contributed by atoms with van der Waals surface area (Å²) >= 11 is 4.71. The first kappa shape index (κ1) is 8.91. The maximum Gasteiger partial charge on any atom is 0.152 e. The van der Waals surface area contributed by atoms with Gasteiger partial charge in [-0.2, -0.15) is 0 Å². The van der Waals surface area contributed by atoms with Gasteiger partial charge >= 0.3 is 0 Å². The molecule has 0 radical (unpaired) electrons. The fourth-order valence-corrected chi connectivity index (χ4v) is 1.56. The largest absolute Gasteiger partial charge is 0.612 e. The van der Waals surface area contributed by atoms with Crippen LogP contribution in [0.25, 0.3) is 0 Å². The molecule has 1 aromatic carbocycles. The Morgan fingerprint density at radius 2 is 2.27 bits per heavy atom. The van der Waals surface area contributed by atoms with E-state index in [-0.39, 0.29) is 0 Å². The molecule has 0 saturated heterocycles. The van der Waals surface area contributed by atoms with Crippen LogP contribution in [0, 0.1) is 0 Å². The van der Waals surface area contributed by atoms with Gasteiger partial charge in [-0.15, -0.1) is 11.6 Å². The van der Waals surface area contributed by atoms with E-state index in [4.69, 9.17) is 11.6 Å². The van der Waals surface area contributed by atoms with Crippen LogP contribution in [-0.4, -0.2) is 10.8 Å². The molecule has 0 aliphatic heterocycles. The molecule has 1 rings (SSSR count). The first-order valence-corrected chi connectivity index (χ1v) is 5.31. The molecule has 0 fully saturated rings. The second kappa shape index (κ2) is 4.00. The fourth-order valence-electron chi connectivity index (χ4n) is 0.807. The second-order valence-corrected chi connectivity index (χ2v) is 3.88. The topological polar surface area (TPSA) is 23.1 Å². The Bertz CT molecular complexity index is 237. The molecule has 1 unspecified atom stereocenters. The van der Waals surface area contributed by atoms with E-state index in [1.807, 2.05) is 24.3 Å². The molecule has 0 heterocycles. The van der Waals surface area contributed by atoms with Crippen molar-refractivity contribution in [1.29, 1.82) is 0 Å². The van der Waals surface area contributed by atoms with Crippen molar-refractivity contribution in [2.45, 2.75) is 10.8 Å². The third kappa shape index (κ3) is 2.40. The van der Waals surface area contributed by atoms with Gasteiger partial charge in [0.1, 0.15) is 6.26 Å². The lowest BCUT2D eigenvalue weighted by Gasteiger charge is -2.04. The molecule has 1 aromatic rings. The summed E-state index contributed by atoms with van der Waals surface area (Å²) in [7, 11) is 0. The minimum absolute atomic E-state index is 0.477. The van der Waals surface area contributed by atoms with Crippen LogP contribution in [0.15, 0.2) is 29.2 Å². The zero-order valence-electron chi connectivity index (χ0n) is 6.21. The number of hydrogen-bond donors (Lipinski definition) is 0. The third-order valence-corrected chi connectivity index (χ3v) is 2.61. The van der Waals surface area contributed by atoms with Gasteiger partial charge in [-0.05, 0) is 28.9 Å². The number of halogens is 1. The molecule has 0 aliphatic carbocycles. The lowest BCUT2D eigenvalue weighted by molar-refractivity contribution is 0.600. The van der Waals surface area contributed by atoms with Crippen molar-refractivity contribution in [2.24, 2.45) is 0 Å². The molecule has 0 spiro atoms. The summed E-state index contributed by atoms with van der Waals surface area (Å²) < 4.78 is 11.0. The molecule has 11 heavy (non-hydrogen) atoms. The Labute approximate surface area is 74.6 Å². The lowest BCUT2D eigenvalue weighted by Crippen LogP contribution is -1.97. The van der Waals surface area contributed by atoms with Crippen molar-refractivity contribution in [3.8, 4) is 0 Å². The van der Waals surface area contributed by atoms with Gasteiger partial charge in [0.25, 0.3) is 0 Å². The van der Waals surface area contributed by atoms with Gasteiger partial charge in [-0.1, -0.05) is 12.1 Å². The van der Waals surface area contributed by atoms with E-state index in [0.29, 0.717) is 5.88 Å². The summed E-state index contributed by atoms with van der Waals surface area (Å²) in [6, 6.07) is 7.49. The Morgan fingerprint density at radius 3 is 2.82 bits per heavy atom. The first-order chi connectivity index (χ1) is 5.24. The summed E-state index contributed by atoms with van der Waals surface area (Å²) in [4.78, 5) is 0.836. The third-order valence-electron chi connectivity index (χ3n) is 1.38. The van der Waals surface area contributed by atoms with Crippen LogP contribution < -0.4 is 0 Å². The van der Waals surface area contributed by atoms with E-state index >= 15 is 0 Å². The minimum Gasteiger partial charge on any atom is -0.612 e. The number of benzene rings is 1. The molecule has 1 nitrogen and oxygen atoms in total. The molecule has 60 valence electrons. The summed E-state index contributed by atoms with van der Waals surface area (Å²) in [5, 5.41) is 0. The van der Waals surface area contributed by atoms with Crippen molar-refractivity contribution in [2.75, 3.05) is 6.26 Å². The van der Waals surface area contributed by atoms with Crippen LogP contribution in [0.1, 0.15) is 5.56 Å². The van der Waals surface area contributed by atoms with E-state index in [1.165, 1.54) is 0 Å². The van der Waals surface area contributed by atoms with Crippen LogP contribution in [0.4, 0.5) is 0 Å². The summed E-state index contributed by atoms with van der Waals surface area (Å²) in [6.07, 6.45) is 1.66. The molecule has 0 amide bonds. The monoisotopic (exact) mass is 188 g/mol. The van der Waals surface area contributed by atoms with Crippen LogP contribution in [-0.2, 0) is 17.1 Å². The highest BCUT2D eigenvalue weighted by molar-refractivity contribution is 7.90. The number of rotatable bonds is 2. The zero-order valence-corrected chi connectivity index (χ0v) is 7.78. The van der Waals surface area contributed by atoms with Crippen molar-refractivity contribution in [1.82, 2.24) is 0 Å². The molecule has 0 aliphatic rings. The predicted molar refractivity (Wildman–Crippen MR) is 48.3 cm³/mol. The standard InChI is InChI=1S/C8H9ClOS/c1-11(10)8-4-2-3-7(5-8)6-9/h2-5H,6H2,1H3. The van der Waals surface area contributed by atoms with Crippen LogP contribution in [0.5, 0.6) is 0 Å². The second-order valence-electron chi connectivity index (χ2n) is 2.24. The lowest BCUT2D eigenvalue weighted by atomic mass is 10.2. The zero-order chi connectivity index (χ0) is 8.27. The molecular formula is C8H9ClOS. The van der Waals surface area contributed by atoms with Gasteiger partial charge in [-0.25, -0.2) is 0 Å². The quantitative estimate of drug-likeness (QED) is 0.515. The summed E-state index contributed by atoms with van der Waals surface area (Å²) in [5.74, 6) is 0.477. The van der Waals surface area contributed by atoms with Gasteiger partial charge in [0.05, 0.1) is 0 Å². The maximum absolute atomic E-state index is 11.0. The molecule has 0 N–H and O–H groups in total. The minimum atomic E-state index is -0.899. The normalized spacial score (nSPS) is 13.0. The highest BCUT2D eigenvalue weighted by Crippen LogP contribution is 2.12. The highest BCUT2D eigenvalue weighted by atomic mass is 35.5. The van der Waals surface area contributed by atoms with Crippen molar-refractivity contribution in [3.63, 3.8) is 0 Å². The molecule has 3 heteroatoms. The molecule has 0 aromatic heterocycles. The van der Waals surface area contributed by atoms with Gasteiger partial charge in [0.15, 0.2) is 4.90 Å². The molecule has 0 bridgehead atoms. The average Bonchev–Trinajstić information content (AvgIpc) is 2.05. The predicted octanol–water partition coefficient (Wildman–Crippen LogP) is 2.16. The van der Waals surface area contributed by atoms with Crippen LogP contribution in [0.3, 0.4) is 0 Å². The van der Waals surface area contributed by atoms with Crippen LogP contribution >= 0.6 is 11.6 Å². The SMILES string of the molecule is C[S+]([O-])c1cccc(CCl)c1. The van der Waals surface area contributed by atoms with Gasteiger partial charge in [-0.3, -0.25) is 0 Å². The van der Waals surface area contributed by atoms with E-state index in [9.17, 15) is 4.55 Å². The Morgan fingerprint density at radius 1 is 1.55 bits per heavy atom. The maximum atomic E-state index is 11.0. The van der Waals surface area contributed by atoms with Gasteiger partial charge in [0, 0.05) is 5.88 Å². The van der Waals surface area contributed by atoms with Gasteiger partial charge < -0.3 is 4.55 Å². The van der Waals surface area contributed by atoms with Gasteiger partial charge in [0.2, 0.25) is 0 Å². The summed E-state index contributed by atoms with van der Waals surface area (Å²) in [5.41, 5.74) is 1.01.